The Balaban J connectivity index is 2.26. The van der Waals surface area contributed by atoms with Gasteiger partial charge in [0.05, 0.1) is 24.3 Å². The number of hydrogen-bond donors (Lipinski definition) is 0. The molecule has 0 bridgehead atoms. The molecule has 6 heteroatoms. The summed E-state index contributed by atoms with van der Waals surface area (Å²) in [6.45, 7) is 3.36. The van der Waals surface area contributed by atoms with E-state index < -0.39 is 5.82 Å². The third kappa shape index (κ3) is 3.43. The summed E-state index contributed by atoms with van der Waals surface area (Å²) in [5.41, 5.74) is 0.168. The molecule has 0 unspecified atom stereocenters. The van der Waals surface area contributed by atoms with Gasteiger partial charge in [-0.3, -0.25) is 4.79 Å². The number of carbonyl (C=O) groups is 1. The van der Waals surface area contributed by atoms with Crippen LogP contribution in [0.5, 0.6) is 0 Å². The number of ether oxygens (including phenoxy) is 2. The van der Waals surface area contributed by atoms with Crippen molar-refractivity contribution in [2.45, 2.75) is 25.5 Å². The lowest BCUT2D eigenvalue weighted by Gasteiger charge is -2.30. The number of halogens is 1. The molecule has 0 aliphatic carbocycles. The summed E-state index contributed by atoms with van der Waals surface area (Å²) in [6.07, 6.45) is 0.694. The van der Waals surface area contributed by atoms with E-state index in [9.17, 15) is 9.18 Å². The van der Waals surface area contributed by atoms with E-state index in [1.165, 1.54) is 12.1 Å². The summed E-state index contributed by atoms with van der Waals surface area (Å²) in [4.78, 5) is 14.4. The maximum Gasteiger partial charge on any atom is 0.254 e. The lowest BCUT2D eigenvalue weighted by atomic mass is 10.1. The molecule has 1 fully saturated rings. The topological polar surface area (TPSA) is 62.6 Å². The van der Waals surface area contributed by atoms with E-state index in [0.29, 0.717) is 25.3 Å². The molecule has 0 radical (unpaired) electrons. The Kier molecular flexibility index (Phi) is 5.47. The van der Waals surface area contributed by atoms with Crippen LogP contribution in [-0.2, 0) is 9.47 Å². The second-order valence-electron chi connectivity index (χ2n) is 5.23. The molecule has 1 aliphatic rings. The van der Waals surface area contributed by atoms with Crippen LogP contribution in [0.25, 0.3) is 0 Å². The predicted octanol–water partition coefficient (Wildman–Crippen LogP) is 1.96. The van der Waals surface area contributed by atoms with E-state index in [2.05, 4.69) is 0 Å². The van der Waals surface area contributed by atoms with Crippen LogP contribution in [0, 0.1) is 17.1 Å². The zero-order valence-electron chi connectivity index (χ0n) is 12.7. The Hall–Kier alpha value is -1.97. The number of rotatable bonds is 5. The highest BCUT2D eigenvalue weighted by molar-refractivity contribution is 5.94. The van der Waals surface area contributed by atoms with Crippen LogP contribution in [0.15, 0.2) is 18.2 Å². The van der Waals surface area contributed by atoms with E-state index in [-0.39, 0.29) is 23.6 Å². The summed E-state index contributed by atoms with van der Waals surface area (Å²) in [5.74, 6) is -0.865. The Morgan fingerprint density at radius 2 is 2.36 bits per heavy atom. The van der Waals surface area contributed by atoms with Crippen LogP contribution in [0.3, 0.4) is 0 Å². The van der Waals surface area contributed by atoms with Crippen LogP contribution >= 0.6 is 0 Å². The van der Waals surface area contributed by atoms with Gasteiger partial charge >= 0.3 is 0 Å². The summed E-state index contributed by atoms with van der Waals surface area (Å²) >= 11 is 0. The molecule has 0 saturated carbocycles. The van der Waals surface area contributed by atoms with Gasteiger partial charge in [-0.15, -0.1) is 0 Å². The molecule has 22 heavy (non-hydrogen) atoms. The summed E-state index contributed by atoms with van der Waals surface area (Å²) < 4.78 is 24.0. The molecule has 2 rings (SSSR count). The predicted molar refractivity (Wildman–Crippen MR) is 77.8 cm³/mol. The molecular formula is C16H19FN2O3. The van der Waals surface area contributed by atoms with Gasteiger partial charge in [0, 0.05) is 25.8 Å². The third-order valence-electron chi connectivity index (χ3n) is 3.87. The lowest BCUT2D eigenvalue weighted by molar-refractivity contribution is 0.0425. The number of carbonyl (C=O) groups excluding carboxylic acids is 1. The van der Waals surface area contributed by atoms with Crippen molar-refractivity contribution in [2.24, 2.45) is 0 Å². The molecule has 5 nitrogen and oxygen atoms in total. The molecular weight excluding hydrogens is 287 g/mol. The minimum absolute atomic E-state index is 0.0433. The minimum atomic E-state index is -0.625. The van der Waals surface area contributed by atoms with Crippen LogP contribution in [0.4, 0.5) is 4.39 Å². The van der Waals surface area contributed by atoms with Crippen molar-refractivity contribution in [3.8, 4) is 6.07 Å². The first-order valence-corrected chi connectivity index (χ1v) is 7.19. The number of methoxy groups -OCH3 is 1. The SMILES string of the molecule is COCCN(C(=O)c1ccc(F)c(C#N)c1)[C@@H]1CCO[C@@H]1C. The fraction of sp³-hybridized carbons (Fsp3) is 0.500. The maximum atomic E-state index is 13.4. The largest absolute Gasteiger partial charge is 0.383 e. The summed E-state index contributed by atoms with van der Waals surface area (Å²) in [5, 5.41) is 8.90. The second kappa shape index (κ2) is 7.34. The standard InChI is InChI=1S/C16H19FN2O3/c1-11-15(5-7-22-11)19(6-8-21-2)16(20)12-3-4-14(17)13(9-12)10-18/h3-4,9,11,15H,5-8H2,1-2H3/t11-,15-/m1/s1. The van der Waals surface area contributed by atoms with Crippen molar-refractivity contribution >= 4 is 5.91 Å². The monoisotopic (exact) mass is 306 g/mol. The van der Waals surface area contributed by atoms with E-state index in [1.807, 2.05) is 6.92 Å². The van der Waals surface area contributed by atoms with E-state index in [0.717, 1.165) is 12.5 Å². The fourth-order valence-corrected chi connectivity index (χ4v) is 2.65. The van der Waals surface area contributed by atoms with Gasteiger partial charge in [-0.2, -0.15) is 5.26 Å². The summed E-state index contributed by atoms with van der Waals surface area (Å²) in [7, 11) is 1.57. The fourth-order valence-electron chi connectivity index (χ4n) is 2.65. The Labute approximate surface area is 129 Å². The van der Waals surface area contributed by atoms with Crippen LogP contribution in [0.1, 0.15) is 29.3 Å². The van der Waals surface area contributed by atoms with E-state index in [4.69, 9.17) is 14.7 Å². The van der Waals surface area contributed by atoms with Gasteiger partial charge in [-0.05, 0) is 31.5 Å². The summed E-state index contributed by atoms with van der Waals surface area (Å²) in [6, 6.07) is 5.55. The first-order valence-electron chi connectivity index (χ1n) is 7.19. The Morgan fingerprint density at radius 3 is 2.95 bits per heavy atom. The molecule has 1 aromatic carbocycles. The average Bonchev–Trinajstić information content (AvgIpc) is 2.94. The first-order chi connectivity index (χ1) is 10.6. The van der Waals surface area contributed by atoms with Crippen LogP contribution in [-0.4, -0.2) is 49.8 Å². The Bertz CT molecular complexity index is 585. The molecule has 1 saturated heterocycles. The number of nitrogens with zero attached hydrogens (tertiary/aromatic N) is 2. The number of nitriles is 1. The first kappa shape index (κ1) is 16.4. The molecule has 1 aromatic rings. The quantitative estimate of drug-likeness (QED) is 0.834. The highest BCUT2D eigenvalue weighted by Gasteiger charge is 2.33. The van der Waals surface area contributed by atoms with Crippen molar-refractivity contribution in [3.63, 3.8) is 0 Å². The van der Waals surface area contributed by atoms with Crippen molar-refractivity contribution in [1.82, 2.24) is 4.90 Å². The second-order valence-corrected chi connectivity index (χ2v) is 5.23. The zero-order chi connectivity index (χ0) is 16.1. The highest BCUT2D eigenvalue weighted by atomic mass is 19.1. The van der Waals surface area contributed by atoms with Gasteiger partial charge in [0.15, 0.2) is 0 Å². The molecule has 0 aromatic heterocycles. The minimum Gasteiger partial charge on any atom is -0.383 e. The van der Waals surface area contributed by atoms with Crippen molar-refractivity contribution in [3.05, 3.63) is 35.1 Å². The van der Waals surface area contributed by atoms with Crippen molar-refractivity contribution < 1.29 is 18.7 Å². The molecule has 1 amide bonds. The van der Waals surface area contributed by atoms with E-state index in [1.54, 1.807) is 18.1 Å². The van der Waals surface area contributed by atoms with Gasteiger partial charge < -0.3 is 14.4 Å². The van der Waals surface area contributed by atoms with Crippen molar-refractivity contribution in [1.29, 1.82) is 5.26 Å². The molecule has 118 valence electrons. The molecule has 1 heterocycles. The smallest absolute Gasteiger partial charge is 0.254 e. The number of hydrogen-bond acceptors (Lipinski definition) is 4. The molecule has 2 atom stereocenters. The zero-order valence-corrected chi connectivity index (χ0v) is 12.7. The maximum absolute atomic E-state index is 13.4. The number of benzene rings is 1. The normalized spacial score (nSPS) is 20.6. The van der Waals surface area contributed by atoms with Gasteiger partial charge in [0.2, 0.25) is 0 Å². The number of amides is 1. The highest BCUT2D eigenvalue weighted by Crippen LogP contribution is 2.22. The molecule has 0 spiro atoms. The third-order valence-corrected chi connectivity index (χ3v) is 3.87. The lowest BCUT2D eigenvalue weighted by Crippen LogP contribution is -2.45. The van der Waals surface area contributed by atoms with Gasteiger partial charge in [-0.25, -0.2) is 4.39 Å². The van der Waals surface area contributed by atoms with Gasteiger partial charge in [0.1, 0.15) is 11.9 Å². The average molecular weight is 306 g/mol. The van der Waals surface area contributed by atoms with E-state index >= 15 is 0 Å². The van der Waals surface area contributed by atoms with Crippen molar-refractivity contribution in [2.75, 3.05) is 26.9 Å². The van der Waals surface area contributed by atoms with Crippen LogP contribution < -0.4 is 0 Å². The van der Waals surface area contributed by atoms with Gasteiger partial charge in [0.25, 0.3) is 5.91 Å². The molecule has 1 aliphatic heterocycles. The Morgan fingerprint density at radius 1 is 1.59 bits per heavy atom. The van der Waals surface area contributed by atoms with Gasteiger partial charge in [-0.1, -0.05) is 0 Å². The van der Waals surface area contributed by atoms with Crippen LogP contribution in [0.2, 0.25) is 0 Å². The molecule has 0 N–H and O–H groups in total.